The fourth-order valence-electron chi connectivity index (χ4n) is 2.04. The number of aromatic nitrogens is 1. The SMILES string of the molecule is Cc1ccc(C)c(C(C)Nc2cncc(Br)c2)c1. The number of nitrogens with zero attached hydrogens (tertiary/aromatic N) is 1. The third kappa shape index (κ3) is 3.10. The summed E-state index contributed by atoms with van der Waals surface area (Å²) in [5, 5.41) is 3.47. The van der Waals surface area contributed by atoms with Crippen LogP contribution in [0.25, 0.3) is 0 Å². The number of pyridine rings is 1. The van der Waals surface area contributed by atoms with E-state index in [1.54, 1.807) is 6.20 Å². The van der Waals surface area contributed by atoms with Gasteiger partial charge < -0.3 is 5.32 Å². The Morgan fingerprint density at radius 3 is 2.67 bits per heavy atom. The molecule has 1 heterocycles. The molecule has 1 atom stereocenters. The van der Waals surface area contributed by atoms with E-state index in [0.29, 0.717) is 0 Å². The molecule has 0 radical (unpaired) electrons. The summed E-state index contributed by atoms with van der Waals surface area (Å²) in [6.07, 6.45) is 3.63. The number of benzene rings is 1. The van der Waals surface area contributed by atoms with E-state index >= 15 is 0 Å². The van der Waals surface area contributed by atoms with Crippen molar-refractivity contribution < 1.29 is 0 Å². The molecule has 2 rings (SSSR count). The quantitative estimate of drug-likeness (QED) is 0.894. The van der Waals surface area contributed by atoms with Crippen LogP contribution >= 0.6 is 15.9 Å². The monoisotopic (exact) mass is 304 g/mol. The molecule has 94 valence electrons. The maximum Gasteiger partial charge on any atom is 0.0542 e. The van der Waals surface area contributed by atoms with Gasteiger partial charge in [0.15, 0.2) is 0 Å². The van der Waals surface area contributed by atoms with E-state index in [4.69, 9.17) is 0 Å². The Balaban J connectivity index is 2.21. The molecular weight excluding hydrogens is 288 g/mol. The van der Waals surface area contributed by atoms with E-state index in [1.807, 2.05) is 12.3 Å². The van der Waals surface area contributed by atoms with Crippen molar-refractivity contribution in [2.24, 2.45) is 0 Å². The van der Waals surface area contributed by atoms with Crippen molar-refractivity contribution in [3.05, 3.63) is 57.8 Å². The molecule has 0 saturated heterocycles. The number of hydrogen-bond donors (Lipinski definition) is 1. The molecule has 0 aliphatic heterocycles. The molecule has 1 aromatic heterocycles. The topological polar surface area (TPSA) is 24.9 Å². The lowest BCUT2D eigenvalue weighted by molar-refractivity contribution is 0.870. The van der Waals surface area contributed by atoms with Crippen LogP contribution in [0.4, 0.5) is 5.69 Å². The first kappa shape index (κ1) is 13.1. The zero-order chi connectivity index (χ0) is 13.1. The highest BCUT2D eigenvalue weighted by molar-refractivity contribution is 9.10. The van der Waals surface area contributed by atoms with Gasteiger partial charge in [0.1, 0.15) is 0 Å². The number of anilines is 1. The van der Waals surface area contributed by atoms with Gasteiger partial charge in [0.2, 0.25) is 0 Å². The number of nitrogens with one attached hydrogen (secondary N) is 1. The normalized spacial score (nSPS) is 12.2. The van der Waals surface area contributed by atoms with Crippen LogP contribution in [0, 0.1) is 13.8 Å². The molecule has 0 spiro atoms. The molecule has 1 aromatic carbocycles. The molecule has 18 heavy (non-hydrogen) atoms. The van der Waals surface area contributed by atoms with Gasteiger partial charge in [0.05, 0.1) is 11.9 Å². The van der Waals surface area contributed by atoms with Crippen LogP contribution in [0.3, 0.4) is 0 Å². The summed E-state index contributed by atoms with van der Waals surface area (Å²) in [5.41, 5.74) is 4.95. The minimum Gasteiger partial charge on any atom is -0.377 e. The van der Waals surface area contributed by atoms with Crippen molar-refractivity contribution in [1.29, 1.82) is 0 Å². The molecule has 0 saturated carbocycles. The molecule has 0 fully saturated rings. The highest BCUT2D eigenvalue weighted by atomic mass is 79.9. The summed E-state index contributed by atoms with van der Waals surface area (Å²) < 4.78 is 0.987. The Kier molecular flexibility index (Phi) is 4.02. The summed E-state index contributed by atoms with van der Waals surface area (Å²) >= 11 is 3.43. The van der Waals surface area contributed by atoms with Gasteiger partial charge in [-0.25, -0.2) is 0 Å². The first-order chi connectivity index (χ1) is 8.56. The molecule has 0 aliphatic rings. The maximum atomic E-state index is 4.16. The van der Waals surface area contributed by atoms with Gasteiger partial charge in [-0.15, -0.1) is 0 Å². The van der Waals surface area contributed by atoms with Crippen LogP contribution in [0.15, 0.2) is 41.1 Å². The van der Waals surface area contributed by atoms with E-state index < -0.39 is 0 Å². The molecule has 1 unspecified atom stereocenters. The number of rotatable bonds is 3. The van der Waals surface area contributed by atoms with Crippen molar-refractivity contribution in [3.8, 4) is 0 Å². The molecule has 2 aromatic rings. The third-order valence-electron chi connectivity index (χ3n) is 2.99. The van der Waals surface area contributed by atoms with E-state index in [-0.39, 0.29) is 6.04 Å². The standard InChI is InChI=1S/C15H17BrN2/c1-10-4-5-11(2)15(6-10)12(3)18-14-7-13(16)8-17-9-14/h4-9,12,18H,1-3H3. The van der Waals surface area contributed by atoms with Crippen LogP contribution in [-0.4, -0.2) is 4.98 Å². The fraction of sp³-hybridized carbons (Fsp3) is 0.267. The zero-order valence-electron chi connectivity index (χ0n) is 10.9. The summed E-state index contributed by atoms with van der Waals surface area (Å²) in [4.78, 5) is 4.16. The molecule has 2 nitrogen and oxygen atoms in total. The van der Waals surface area contributed by atoms with Gasteiger partial charge in [0, 0.05) is 16.7 Å². The lowest BCUT2D eigenvalue weighted by Gasteiger charge is -2.18. The summed E-state index contributed by atoms with van der Waals surface area (Å²) in [6, 6.07) is 8.85. The lowest BCUT2D eigenvalue weighted by atomic mass is 10.00. The Hall–Kier alpha value is -1.35. The third-order valence-corrected chi connectivity index (χ3v) is 3.42. The molecule has 1 N–H and O–H groups in total. The van der Waals surface area contributed by atoms with Crippen molar-refractivity contribution in [3.63, 3.8) is 0 Å². The smallest absolute Gasteiger partial charge is 0.0542 e. The fourth-order valence-corrected chi connectivity index (χ4v) is 2.41. The lowest BCUT2D eigenvalue weighted by Crippen LogP contribution is -2.08. The second-order valence-electron chi connectivity index (χ2n) is 4.62. The molecular formula is C15H17BrN2. The molecule has 0 aliphatic carbocycles. The highest BCUT2D eigenvalue weighted by Gasteiger charge is 2.08. The maximum absolute atomic E-state index is 4.16. The van der Waals surface area contributed by atoms with Crippen LogP contribution in [-0.2, 0) is 0 Å². The van der Waals surface area contributed by atoms with Crippen LogP contribution in [0.5, 0.6) is 0 Å². The van der Waals surface area contributed by atoms with E-state index in [0.717, 1.165) is 10.2 Å². The highest BCUT2D eigenvalue weighted by Crippen LogP contribution is 2.24. The summed E-state index contributed by atoms with van der Waals surface area (Å²) in [6.45, 7) is 6.44. The predicted molar refractivity (Wildman–Crippen MR) is 79.9 cm³/mol. The van der Waals surface area contributed by atoms with Crippen molar-refractivity contribution in [2.45, 2.75) is 26.8 Å². The Morgan fingerprint density at radius 2 is 1.94 bits per heavy atom. The van der Waals surface area contributed by atoms with E-state index in [9.17, 15) is 0 Å². The number of halogens is 1. The van der Waals surface area contributed by atoms with Gasteiger partial charge in [-0.05, 0) is 53.9 Å². The average Bonchev–Trinajstić information content (AvgIpc) is 2.32. The van der Waals surface area contributed by atoms with Gasteiger partial charge >= 0.3 is 0 Å². The van der Waals surface area contributed by atoms with Gasteiger partial charge in [0.25, 0.3) is 0 Å². The van der Waals surface area contributed by atoms with Crippen LogP contribution in [0.2, 0.25) is 0 Å². The molecule has 0 amide bonds. The van der Waals surface area contributed by atoms with Crippen molar-refractivity contribution in [1.82, 2.24) is 4.98 Å². The number of hydrogen-bond acceptors (Lipinski definition) is 2. The largest absolute Gasteiger partial charge is 0.377 e. The van der Waals surface area contributed by atoms with Gasteiger partial charge in [-0.3, -0.25) is 4.98 Å². The average molecular weight is 305 g/mol. The summed E-state index contributed by atoms with van der Waals surface area (Å²) in [5.74, 6) is 0. The Morgan fingerprint density at radius 1 is 1.17 bits per heavy atom. The summed E-state index contributed by atoms with van der Waals surface area (Å²) in [7, 11) is 0. The first-order valence-corrected chi connectivity index (χ1v) is 6.80. The Labute approximate surface area is 117 Å². The first-order valence-electron chi connectivity index (χ1n) is 6.00. The molecule has 0 bridgehead atoms. The van der Waals surface area contributed by atoms with Crippen molar-refractivity contribution >= 4 is 21.6 Å². The van der Waals surface area contributed by atoms with Crippen molar-refractivity contribution in [2.75, 3.05) is 5.32 Å². The Bertz CT molecular complexity index is 552. The number of aryl methyl sites for hydroxylation is 2. The second-order valence-corrected chi connectivity index (χ2v) is 5.53. The van der Waals surface area contributed by atoms with E-state index in [2.05, 4.69) is 65.2 Å². The van der Waals surface area contributed by atoms with Crippen LogP contribution in [0.1, 0.15) is 29.7 Å². The minimum absolute atomic E-state index is 0.265. The second kappa shape index (κ2) is 5.53. The van der Waals surface area contributed by atoms with Gasteiger partial charge in [-0.1, -0.05) is 23.8 Å². The zero-order valence-corrected chi connectivity index (χ0v) is 12.5. The predicted octanol–water partition coefficient (Wildman–Crippen LogP) is 4.63. The van der Waals surface area contributed by atoms with Crippen LogP contribution < -0.4 is 5.32 Å². The molecule has 3 heteroatoms. The van der Waals surface area contributed by atoms with Gasteiger partial charge in [-0.2, -0.15) is 0 Å². The van der Waals surface area contributed by atoms with E-state index in [1.165, 1.54) is 16.7 Å². The minimum atomic E-state index is 0.265.